The molecule has 0 unspecified atom stereocenters. The molecule has 9 heteroatoms. The summed E-state index contributed by atoms with van der Waals surface area (Å²) < 4.78 is 41.6. The molecule has 0 radical (unpaired) electrons. The Morgan fingerprint density at radius 1 is 0.854 bits per heavy atom. The first-order valence-electron chi connectivity index (χ1n) is 12.9. The number of hydrogen-bond acceptors (Lipinski definition) is 2. The van der Waals surface area contributed by atoms with Gasteiger partial charge in [-0.1, -0.05) is 60.1 Å². The fourth-order valence-electron chi connectivity index (χ4n) is 4.43. The van der Waals surface area contributed by atoms with E-state index in [0.717, 1.165) is 23.4 Å². The van der Waals surface area contributed by atoms with Gasteiger partial charge in [-0.25, -0.2) is 0 Å². The Bertz CT molecular complexity index is 1480. The fourth-order valence-corrected chi connectivity index (χ4v) is 4.56. The quantitative estimate of drug-likeness (QED) is 0.179. The van der Waals surface area contributed by atoms with Crippen molar-refractivity contribution < 1.29 is 22.8 Å². The molecule has 0 fully saturated rings. The third-order valence-corrected chi connectivity index (χ3v) is 6.76. The summed E-state index contributed by atoms with van der Waals surface area (Å²) in [5, 5.41) is 0.495. The minimum absolute atomic E-state index is 0.165. The summed E-state index contributed by atoms with van der Waals surface area (Å²) >= 11 is 5.97. The summed E-state index contributed by atoms with van der Waals surface area (Å²) in [6.45, 7) is 4.39. The van der Waals surface area contributed by atoms with E-state index in [1.165, 1.54) is 11.0 Å². The molecule has 0 aliphatic heterocycles. The van der Waals surface area contributed by atoms with Crippen LogP contribution in [0.25, 0.3) is 0 Å². The predicted molar refractivity (Wildman–Crippen MR) is 153 cm³/mol. The van der Waals surface area contributed by atoms with Gasteiger partial charge in [-0.15, -0.1) is 6.58 Å². The number of halogens is 4. The average molecular weight is 580 g/mol. The Labute approximate surface area is 242 Å². The molecule has 3 aromatic carbocycles. The summed E-state index contributed by atoms with van der Waals surface area (Å²) in [4.78, 5) is 30.0. The number of carbonyl (C=O) groups excluding carboxylic acids is 2. The van der Waals surface area contributed by atoms with Gasteiger partial charge in [0.05, 0.1) is 12.1 Å². The van der Waals surface area contributed by atoms with Gasteiger partial charge in [-0.05, 0) is 59.7 Å². The lowest BCUT2D eigenvalue weighted by molar-refractivity contribution is -0.137. The maximum absolute atomic E-state index is 13.7. The van der Waals surface area contributed by atoms with Crippen molar-refractivity contribution >= 4 is 23.4 Å². The molecule has 0 spiro atoms. The second kappa shape index (κ2) is 13.4. The van der Waals surface area contributed by atoms with E-state index >= 15 is 0 Å². The smallest absolute Gasteiger partial charge is 0.345 e. The van der Waals surface area contributed by atoms with Gasteiger partial charge in [-0.3, -0.25) is 9.59 Å². The number of alkyl halides is 3. The molecule has 2 amide bonds. The topological polar surface area (TPSA) is 45.6 Å². The van der Waals surface area contributed by atoms with E-state index in [-0.39, 0.29) is 44.5 Å². The number of amides is 2. The molecule has 1 heterocycles. The molecule has 1 aromatic heterocycles. The second-order valence-corrected chi connectivity index (χ2v) is 9.98. The molecule has 0 saturated carbocycles. The van der Waals surface area contributed by atoms with Crippen molar-refractivity contribution in [3.05, 3.63) is 143 Å². The summed E-state index contributed by atoms with van der Waals surface area (Å²) in [6.07, 6.45) is -1.10. The van der Waals surface area contributed by atoms with Gasteiger partial charge >= 0.3 is 6.18 Å². The zero-order chi connectivity index (χ0) is 29.4. The molecule has 0 N–H and O–H groups in total. The van der Waals surface area contributed by atoms with E-state index in [0.29, 0.717) is 16.1 Å². The van der Waals surface area contributed by atoms with Crippen LogP contribution >= 0.6 is 11.6 Å². The Morgan fingerprint density at radius 3 is 2.24 bits per heavy atom. The van der Waals surface area contributed by atoms with Gasteiger partial charge in [0.15, 0.2) is 0 Å². The molecule has 4 aromatic rings. The maximum Gasteiger partial charge on any atom is 0.416 e. The molecule has 0 aliphatic carbocycles. The molecule has 0 atom stereocenters. The van der Waals surface area contributed by atoms with Crippen molar-refractivity contribution in [1.82, 2.24) is 14.4 Å². The van der Waals surface area contributed by atoms with Crippen molar-refractivity contribution in [2.45, 2.75) is 25.8 Å². The molecule has 0 aliphatic rings. The van der Waals surface area contributed by atoms with Gasteiger partial charge in [0.2, 0.25) is 5.91 Å². The van der Waals surface area contributed by atoms with Gasteiger partial charge in [-0.2, -0.15) is 13.2 Å². The summed E-state index contributed by atoms with van der Waals surface area (Å²) in [6, 6.07) is 24.7. The molecule has 212 valence electrons. The summed E-state index contributed by atoms with van der Waals surface area (Å²) in [7, 11) is 0. The van der Waals surface area contributed by atoms with Gasteiger partial charge in [0, 0.05) is 42.1 Å². The normalized spacial score (nSPS) is 11.2. The molecule has 4 rings (SSSR count). The van der Waals surface area contributed by atoms with Crippen LogP contribution in [0, 0.1) is 0 Å². The minimum Gasteiger partial charge on any atom is -0.345 e. The Kier molecular flexibility index (Phi) is 9.68. The number of carbonyl (C=O) groups is 2. The van der Waals surface area contributed by atoms with E-state index in [9.17, 15) is 22.8 Å². The van der Waals surface area contributed by atoms with Crippen LogP contribution in [0.4, 0.5) is 13.2 Å². The largest absolute Gasteiger partial charge is 0.416 e. The standard InChI is InChI=1S/C32H29ClF3N3O2/c1-2-17-38(31(41)26-13-15-28(33)16-14-26)23-30(40)39(20-24-8-4-3-5-9-24)22-29-12-7-18-37(29)21-25-10-6-11-27(19-25)32(34,35)36/h2-16,18-19H,1,17,20-23H2. The Hall–Kier alpha value is -4.30. The van der Waals surface area contributed by atoms with E-state index in [1.54, 1.807) is 53.6 Å². The summed E-state index contributed by atoms with van der Waals surface area (Å²) in [5.74, 6) is -0.618. The Balaban J connectivity index is 1.57. The molecule has 0 bridgehead atoms. The van der Waals surface area contributed by atoms with E-state index in [4.69, 9.17) is 11.6 Å². The lowest BCUT2D eigenvalue weighted by Crippen LogP contribution is -2.42. The molecular formula is C32H29ClF3N3O2. The minimum atomic E-state index is -4.44. The van der Waals surface area contributed by atoms with Crippen LogP contribution in [0.5, 0.6) is 0 Å². The first kappa shape index (κ1) is 29.7. The van der Waals surface area contributed by atoms with Crippen molar-refractivity contribution in [3.8, 4) is 0 Å². The number of hydrogen-bond donors (Lipinski definition) is 0. The first-order valence-corrected chi connectivity index (χ1v) is 13.3. The van der Waals surface area contributed by atoms with Crippen molar-refractivity contribution in [2.75, 3.05) is 13.1 Å². The highest BCUT2D eigenvalue weighted by Gasteiger charge is 2.30. The molecular weight excluding hydrogens is 551 g/mol. The van der Waals surface area contributed by atoms with Gasteiger partial charge in [0.25, 0.3) is 5.91 Å². The number of nitrogens with zero attached hydrogens (tertiary/aromatic N) is 3. The van der Waals surface area contributed by atoms with E-state index < -0.39 is 11.7 Å². The van der Waals surface area contributed by atoms with Gasteiger partial charge < -0.3 is 14.4 Å². The zero-order valence-corrected chi connectivity index (χ0v) is 23.0. The fraction of sp³-hybridized carbons (Fsp3) is 0.188. The second-order valence-electron chi connectivity index (χ2n) is 9.54. The van der Waals surface area contributed by atoms with Crippen LogP contribution < -0.4 is 0 Å². The molecule has 5 nitrogen and oxygen atoms in total. The van der Waals surface area contributed by atoms with Gasteiger partial charge in [0.1, 0.15) is 6.54 Å². The van der Waals surface area contributed by atoms with Crippen LogP contribution in [-0.4, -0.2) is 39.3 Å². The highest BCUT2D eigenvalue weighted by atomic mass is 35.5. The van der Waals surface area contributed by atoms with Crippen LogP contribution in [0.1, 0.15) is 32.7 Å². The van der Waals surface area contributed by atoms with Crippen LogP contribution in [0.15, 0.2) is 110 Å². The van der Waals surface area contributed by atoms with Crippen LogP contribution in [0.2, 0.25) is 5.02 Å². The van der Waals surface area contributed by atoms with E-state index in [2.05, 4.69) is 6.58 Å². The van der Waals surface area contributed by atoms with Crippen LogP contribution in [-0.2, 0) is 30.6 Å². The summed E-state index contributed by atoms with van der Waals surface area (Å²) in [5.41, 5.74) is 1.82. The lowest BCUT2D eigenvalue weighted by Gasteiger charge is -2.28. The SMILES string of the molecule is C=CCN(CC(=O)N(Cc1ccccc1)Cc1cccn1Cc1cccc(C(F)(F)F)c1)C(=O)c1ccc(Cl)cc1. The van der Waals surface area contributed by atoms with Crippen molar-refractivity contribution in [2.24, 2.45) is 0 Å². The van der Waals surface area contributed by atoms with Crippen LogP contribution in [0.3, 0.4) is 0 Å². The lowest BCUT2D eigenvalue weighted by atomic mass is 10.1. The zero-order valence-electron chi connectivity index (χ0n) is 22.2. The highest BCUT2D eigenvalue weighted by molar-refractivity contribution is 6.30. The molecule has 0 saturated heterocycles. The van der Waals surface area contributed by atoms with Crippen molar-refractivity contribution in [1.29, 1.82) is 0 Å². The highest BCUT2D eigenvalue weighted by Crippen LogP contribution is 2.30. The first-order chi connectivity index (χ1) is 19.6. The van der Waals surface area contributed by atoms with Crippen molar-refractivity contribution in [3.63, 3.8) is 0 Å². The number of benzene rings is 3. The monoisotopic (exact) mass is 579 g/mol. The third-order valence-electron chi connectivity index (χ3n) is 6.51. The third kappa shape index (κ3) is 8.11. The Morgan fingerprint density at radius 2 is 1.56 bits per heavy atom. The average Bonchev–Trinajstić information content (AvgIpc) is 3.39. The number of rotatable bonds is 11. The van der Waals surface area contributed by atoms with E-state index in [1.807, 2.05) is 41.0 Å². The maximum atomic E-state index is 13.7. The molecule has 41 heavy (non-hydrogen) atoms. The number of aromatic nitrogens is 1. The predicted octanol–water partition coefficient (Wildman–Crippen LogP) is 7.07.